The second kappa shape index (κ2) is 7.53. The molecular formula is C11H16ClNO3S. The molecule has 1 rings (SSSR count). The summed E-state index contributed by atoms with van der Waals surface area (Å²) in [6.45, 7) is 2.52. The Labute approximate surface area is 110 Å². The van der Waals surface area contributed by atoms with Crippen molar-refractivity contribution >= 4 is 34.0 Å². The number of aliphatic hydroxyl groups is 1. The predicted octanol–water partition coefficient (Wildman–Crippen LogP) is 3.14. The number of carbonyl (C=O) groups excluding carboxylic acids is 1. The largest absolute Gasteiger partial charge is 0.449 e. The number of carbonyl (C=O) groups is 1. The summed E-state index contributed by atoms with van der Waals surface area (Å²) in [5.41, 5.74) is 0. The van der Waals surface area contributed by atoms with Crippen LogP contribution in [0.3, 0.4) is 0 Å². The van der Waals surface area contributed by atoms with Gasteiger partial charge in [0.25, 0.3) is 0 Å². The topological polar surface area (TPSA) is 49.8 Å². The molecule has 0 bridgehead atoms. The smallest absolute Gasteiger partial charge is 0.414 e. The number of rotatable bonds is 6. The van der Waals surface area contributed by atoms with Crippen LogP contribution in [0.15, 0.2) is 12.1 Å². The van der Waals surface area contributed by atoms with E-state index in [1.807, 2.05) is 6.92 Å². The Hall–Kier alpha value is -0.780. The van der Waals surface area contributed by atoms with Gasteiger partial charge in [0.05, 0.1) is 24.1 Å². The summed E-state index contributed by atoms with van der Waals surface area (Å²) in [7, 11) is 0. The van der Waals surface area contributed by atoms with E-state index in [0.717, 1.165) is 12.8 Å². The number of thiophene rings is 1. The van der Waals surface area contributed by atoms with Crippen LogP contribution in [-0.2, 0) is 4.74 Å². The van der Waals surface area contributed by atoms with Crippen LogP contribution in [0.25, 0.3) is 0 Å². The number of aliphatic hydroxyl groups excluding tert-OH is 1. The van der Waals surface area contributed by atoms with Crippen molar-refractivity contribution in [1.82, 2.24) is 0 Å². The van der Waals surface area contributed by atoms with Crippen molar-refractivity contribution in [1.29, 1.82) is 0 Å². The Balaban J connectivity index is 2.61. The number of hydrogen-bond donors (Lipinski definition) is 1. The van der Waals surface area contributed by atoms with Crippen molar-refractivity contribution in [3.63, 3.8) is 0 Å². The van der Waals surface area contributed by atoms with Gasteiger partial charge in [0.15, 0.2) is 0 Å². The van der Waals surface area contributed by atoms with E-state index in [-0.39, 0.29) is 13.2 Å². The lowest BCUT2D eigenvalue weighted by molar-refractivity contribution is 0.150. The molecule has 4 nitrogen and oxygen atoms in total. The van der Waals surface area contributed by atoms with Crippen molar-refractivity contribution in [2.45, 2.75) is 19.8 Å². The van der Waals surface area contributed by atoms with Crippen LogP contribution in [0.1, 0.15) is 19.8 Å². The minimum absolute atomic E-state index is 0.113. The summed E-state index contributed by atoms with van der Waals surface area (Å²) < 4.78 is 5.70. The highest BCUT2D eigenvalue weighted by Gasteiger charge is 2.18. The van der Waals surface area contributed by atoms with Crippen LogP contribution >= 0.6 is 22.9 Å². The third-order valence-electron chi connectivity index (χ3n) is 2.09. The van der Waals surface area contributed by atoms with Gasteiger partial charge in [-0.2, -0.15) is 0 Å². The Kier molecular flexibility index (Phi) is 6.32. The first-order valence-corrected chi connectivity index (χ1v) is 6.69. The molecule has 1 heterocycles. The number of nitrogens with zero attached hydrogens (tertiary/aromatic N) is 1. The summed E-state index contributed by atoms with van der Waals surface area (Å²) in [6, 6.07) is 3.45. The summed E-state index contributed by atoms with van der Waals surface area (Å²) in [5.74, 6) is 0. The maximum absolute atomic E-state index is 11.8. The molecule has 0 saturated heterocycles. The molecule has 0 unspecified atom stereocenters. The normalized spacial score (nSPS) is 10.3. The first-order chi connectivity index (χ1) is 8.19. The van der Waals surface area contributed by atoms with Gasteiger partial charge in [-0.25, -0.2) is 4.79 Å². The molecule has 1 amide bonds. The van der Waals surface area contributed by atoms with Crippen LogP contribution in [0.2, 0.25) is 4.34 Å². The minimum Gasteiger partial charge on any atom is -0.449 e. The quantitative estimate of drug-likeness (QED) is 0.813. The van der Waals surface area contributed by atoms with E-state index in [4.69, 9.17) is 21.4 Å². The highest BCUT2D eigenvalue weighted by molar-refractivity contribution is 7.20. The van der Waals surface area contributed by atoms with E-state index in [2.05, 4.69) is 0 Å². The van der Waals surface area contributed by atoms with Crippen molar-refractivity contribution < 1.29 is 14.6 Å². The zero-order chi connectivity index (χ0) is 12.7. The van der Waals surface area contributed by atoms with Gasteiger partial charge in [-0.05, 0) is 18.6 Å². The second-order valence-electron chi connectivity index (χ2n) is 3.42. The fourth-order valence-corrected chi connectivity index (χ4v) is 2.27. The van der Waals surface area contributed by atoms with Gasteiger partial charge in [-0.15, -0.1) is 11.3 Å². The Morgan fingerprint density at radius 2 is 2.35 bits per heavy atom. The second-order valence-corrected chi connectivity index (χ2v) is 5.11. The molecule has 0 aromatic carbocycles. The molecule has 0 spiro atoms. The van der Waals surface area contributed by atoms with Gasteiger partial charge in [0, 0.05) is 0 Å². The van der Waals surface area contributed by atoms with Gasteiger partial charge < -0.3 is 9.84 Å². The number of amides is 1. The van der Waals surface area contributed by atoms with Crippen LogP contribution in [0.4, 0.5) is 9.80 Å². The number of anilines is 1. The summed E-state index contributed by atoms with van der Waals surface area (Å²) in [5, 5.41) is 9.63. The molecule has 96 valence electrons. The van der Waals surface area contributed by atoms with E-state index in [1.54, 1.807) is 12.1 Å². The first kappa shape index (κ1) is 14.3. The molecule has 0 saturated carbocycles. The number of ether oxygens (including phenoxy) is 1. The zero-order valence-electron chi connectivity index (χ0n) is 9.69. The first-order valence-electron chi connectivity index (χ1n) is 5.49. The van der Waals surface area contributed by atoms with Gasteiger partial charge >= 0.3 is 6.09 Å². The fourth-order valence-electron chi connectivity index (χ4n) is 1.22. The van der Waals surface area contributed by atoms with E-state index in [1.165, 1.54) is 16.2 Å². The molecule has 0 aliphatic carbocycles. The third-order valence-corrected chi connectivity index (χ3v) is 3.35. The lowest BCUT2D eigenvalue weighted by atomic mass is 10.4. The molecule has 1 N–H and O–H groups in total. The van der Waals surface area contributed by atoms with Crippen LogP contribution in [0, 0.1) is 0 Å². The molecule has 1 aromatic heterocycles. The Bertz CT molecular complexity index is 356. The predicted molar refractivity (Wildman–Crippen MR) is 70.0 cm³/mol. The Morgan fingerprint density at radius 3 is 2.88 bits per heavy atom. The Morgan fingerprint density at radius 1 is 1.59 bits per heavy atom. The van der Waals surface area contributed by atoms with E-state index < -0.39 is 6.09 Å². The van der Waals surface area contributed by atoms with Gasteiger partial charge in [0.2, 0.25) is 0 Å². The highest BCUT2D eigenvalue weighted by Crippen LogP contribution is 2.29. The minimum atomic E-state index is -0.439. The van der Waals surface area contributed by atoms with Crippen molar-refractivity contribution in [3.05, 3.63) is 16.5 Å². The average molecular weight is 278 g/mol. The zero-order valence-corrected chi connectivity index (χ0v) is 11.3. The lowest BCUT2D eigenvalue weighted by Crippen LogP contribution is -2.33. The molecule has 0 aliphatic rings. The number of unbranched alkanes of at least 4 members (excludes halogenated alkanes) is 1. The van der Waals surface area contributed by atoms with Crippen molar-refractivity contribution in [3.8, 4) is 0 Å². The van der Waals surface area contributed by atoms with Crippen LogP contribution in [0.5, 0.6) is 0 Å². The molecule has 0 radical (unpaired) electrons. The van der Waals surface area contributed by atoms with Crippen LogP contribution < -0.4 is 4.90 Å². The third kappa shape index (κ3) is 4.53. The lowest BCUT2D eigenvalue weighted by Gasteiger charge is -2.19. The number of hydrogen-bond acceptors (Lipinski definition) is 4. The molecule has 0 aliphatic heterocycles. The summed E-state index contributed by atoms with van der Waals surface area (Å²) >= 11 is 7.10. The van der Waals surface area contributed by atoms with Crippen molar-refractivity contribution in [2.24, 2.45) is 0 Å². The van der Waals surface area contributed by atoms with Crippen LogP contribution in [-0.4, -0.2) is 31.0 Å². The maximum atomic E-state index is 11.8. The maximum Gasteiger partial charge on any atom is 0.414 e. The number of halogens is 1. The monoisotopic (exact) mass is 277 g/mol. The molecule has 17 heavy (non-hydrogen) atoms. The van der Waals surface area contributed by atoms with E-state index >= 15 is 0 Å². The highest BCUT2D eigenvalue weighted by atomic mass is 35.5. The standard InChI is InChI=1S/C11H16ClNO3S/c1-2-3-8-16-11(15)13(6-7-14)10-5-4-9(12)17-10/h4-5,14H,2-3,6-8H2,1H3. The molecule has 0 fully saturated rings. The molecule has 1 aromatic rings. The molecule has 6 heteroatoms. The van der Waals surface area contributed by atoms with Crippen molar-refractivity contribution in [2.75, 3.05) is 24.7 Å². The SMILES string of the molecule is CCCCOC(=O)N(CCO)c1ccc(Cl)s1. The van der Waals surface area contributed by atoms with Gasteiger partial charge in [-0.1, -0.05) is 24.9 Å². The summed E-state index contributed by atoms with van der Waals surface area (Å²) in [6.07, 6.45) is 1.37. The summed E-state index contributed by atoms with van der Waals surface area (Å²) in [4.78, 5) is 13.2. The van der Waals surface area contributed by atoms with E-state index in [9.17, 15) is 4.79 Å². The van der Waals surface area contributed by atoms with Gasteiger partial charge in [-0.3, -0.25) is 4.90 Å². The fraction of sp³-hybridized carbons (Fsp3) is 0.545. The molecular weight excluding hydrogens is 262 g/mol. The van der Waals surface area contributed by atoms with Gasteiger partial charge in [0.1, 0.15) is 5.00 Å². The average Bonchev–Trinajstić information content (AvgIpc) is 2.72. The van der Waals surface area contributed by atoms with E-state index in [0.29, 0.717) is 15.9 Å². The molecule has 0 atom stereocenters.